The van der Waals surface area contributed by atoms with Gasteiger partial charge in [-0.05, 0) is 32.1 Å². The molecule has 0 fully saturated rings. The minimum Gasteiger partial charge on any atom is -0.747 e. The summed E-state index contributed by atoms with van der Waals surface area (Å²) in [6.45, 7) is 2.19. The van der Waals surface area contributed by atoms with Crippen molar-refractivity contribution < 1.29 is 101 Å². The van der Waals surface area contributed by atoms with Crippen molar-refractivity contribution in [1.82, 2.24) is 5.32 Å². The van der Waals surface area contributed by atoms with Crippen LogP contribution in [0.15, 0.2) is 12.2 Å². The molecule has 0 spiro atoms. The zero-order valence-corrected chi connectivity index (χ0v) is 29.1. The fraction of sp³-hybridized carbons (Fsp3) is 0.808. The Hall–Kier alpha value is 0.0200. The maximum atomic E-state index is 11.8. The Morgan fingerprint density at radius 1 is 0.821 bits per heavy atom. The van der Waals surface area contributed by atoms with Gasteiger partial charge in [0.25, 0.3) is 0 Å². The zero-order chi connectivity index (χ0) is 27.8. The van der Waals surface area contributed by atoms with Crippen molar-refractivity contribution in [3.63, 3.8) is 0 Å². The minimum absolute atomic E-state index is 0. The van der Waals surface area contributed by atoms with E-state index in [1.165, 1.54) is 51.4 Å². The molecule has 1 amide bonds. The van der Waals surface area contributed by atoms with Crippen molar-refractivity contribution in [2.75, 3.05) is 26.4 Å². The van der Waals surface area contributed by atoms with Gasteiger partial charge in [-0.2, -0.15) is 0 Å². The van der Waals surface area contributed by atoms with Gasteiger partial charge in [-0.1, -0.05) is 70.4 Å². The van der Waals surface area contributed by atoms with Gasteiger partial charge in [-0.25, -0.2) is 8.42 Å². The van der Waals surface area contributed by atoms with E-state index in [1.807, 2.05) is 0 Å². The molecule has 39 heavy (non-hydrogen) atoms. The van der Waals surface area contributed by atoms with Crippen molar-refractivity contribution in [1.29, 1.82) is 0 Å². The van der Waals surface area contributed by atoms with E-state index in [0.717, 1.165) is 32.1 Å². The molecule has 0 aromatic rings. The van der Waals surface area contributed by atoms with Crippen molar-refractivity contribution in [3.05, 3.63) is 12.2 Å². The van der Waals surface area contributed by atoms with Gasteiger partial charge in [0.1, 0.15) is 16.7 Å². The maximum absolute atomic E-state index is 11.8. The van der Waals surface area contributed by atoms with Gasteiger partial charge in [-0.15, -0.1) is 0 Å². The van der Waals surface area contributed by atoms with E-state index >= 15 is 0 Å². The summed E-state index contributed by atoms with van der Waals surface area (Å²) in [6.07, 6.45) is 19.3. The van der Waals surface area contributed by atoms with Crippen LogP contribution in [-0.4, -0.2) is 62.4 Å². The van der Waals surface area contributed by atoms with Gasteiger partial charge < -0.3 is 29.2 Å². The fourth-order valence-corrected chi connectivity index (χ4v) is 4.20. The second-order valence-corrected chi connectivity index (χ2v) is 10.6. The van der Waals surface area contributed by atoms with Gasteiger partial charge in [-0.3, -0.25) is 9.59 Å². The summed E-state index contributed by atoms with van der Waals surface area (Å²) in [7, 11) is -5.18. The summed E-state index contributed by atoms with van der Waals surface area (Å²) in [4.78, 5) is 33.9. The molecule has 1 N–H and O–H groups in total. The molecular formula is C26H45NNa2O9S. The Labute approximate surface area is 279 Å². The number of carboxylic acids is 1. The first kappa shape index (κ1) is 43.5. The fourth-order valence-electron chi connectivity index (χ4n) is 3.56. The van der Waals surface area contributed by atoms with Crippen molar-refractivity contribution >= 4 is 28.0 Å². The Kier molecular flexibility index (Phi) is 32.9. The van der Waals surface area contributed by atoms with Crippen LogP contribution in [0.4, 0.5) is 0 Å². The van der Waals surface area contributed by atoms with Crippen LogP contribution in [0, 0.1) is 0 Å². The standard InChI is InChI=1S/C26H47NO9S.2Na/c1-2-3-4-5-6-7-8-9-10-11-12-13-14-15-16-17-24(28)27-18-19-35-20-21-36-26(31)23(22-25(29)30)37(32,33)34;;/h9-10,23H,2-8,11-22H2,1H3,(H,27,28)(H,29,30)(H,32,33,34);;/q;2*+1/p-2. The summed E-state index contributed by atoms with van der Waals surface area (Å²) >= 11 is 0. The molecular weight excluding hydrogens is 548 g/mol. The van der Waals surface area contributed by atoms with E-state index in [4.69, 9.17) is 4.74 Å². The Balaban J connectivity index is -0.00000648. The Bertz CT molecular complexity index is 765. The molecule has 0 bridgehead atoms. The molecule has 0 heterocycles. The number of rotatable bonds is 25. The number of carbonyl (C=O) groups excluding carboxylic acids is 3. The molecule has 0 aromatic carbocycles. The summed E-state index contributed by atoms with van der Waals surface area (Å²) < 4.78 is 42.6. The van der Waals surface area contributed by atoms with E-state index in [-0.39, 0.29) is 91.4 Å². The van der Waals surface area contributed by atoms with Crippen LogP contribution in [0.2, 0.25) is 0 Å². The minimum atomic E-state index is -5.18. The van der Waals surface area contributed by atoms with Crippen LogP contribution >= 0.6 is 0 Å². The van der Waals surface area contributed by atoms with Crippen LogP contribution in [0.25, 0.3) is 0 Å². The first-order valence-electron chi connectivity index (χ1n) is 13.5. The second-order valence-electron chi connectivity index (χ2n) is 9.02. The smallest absolute Gasteiger partial charge is 0.747 e. The molecule has 0 aliphatic rings. The number of hydrogen-bond donors (Lipinski definition) is 1. The SMILES string of the molecule is CCCCCCCCC=CCCCCCCCC(=O)NCCOCCOC(=O)C(CC(=O)[O-])S(=O)(=O)[O-].[Na+].[Na+]. The third-order valence-corrected chi connectivity index (χ3v) is 6.73. The van der Waals surface area contributed by atoms with E-state index in [9.17, 15) is 32.5 Å². The van der Waals surface area contributed by atoms with Crippen LogP contribution in [0.5, 0.6) is 0 Å². The van der Waals surface area contributed by atoms with E-state index in [2.05, 4.69) is 29.1 Å². The summed E-state index contributed by atoms with van der Waals surface area (Å²) in [6, 6.07) is 0. The van der Waals surface area contributed by atoms with Gasteiger partial charge in [0.15, 0.2) is 5.25 Å². The van der Waals surface area contributed by atoms with Gasteiger partial charge in [0, 0.05) is 25.4 Å². The molecule has 10 nitrogen and oxygen atoms in total. The molecule has 0 saturated heterocycles. The number of hydrogen-bond acceptors (Lipinski definition) is 9. The molecule has 0 aliphatic carbocycles. The van der Waals surface area contributed by atoms with E-state index in [0.29, 0.717) is 6.42 Å². The van der Waals surface area contributed by atoms with Crippen LogP contribution < -0.4 is 69.5 Å². The number of unbranched alkanes of at least 4 members (excludes halogenated alkanes) is 11. The maximum Gasteiger partial charge on any atom is 1.00 e. The molecule has 0 aliphatic heterocycles. The molecule has 1 atom stereocenters. The van der Waals surface area contributed by atoms with Crippen LogP contribution in [0.1, 0.15) is 103 Å². The molecule has 216 valence electrons. The summed E-state index contributed by atoms with van der Waals surface area (Å²) in [5, 5.41) is 10.8. The van der Waals surface area contributed by atoms with Gasteiger partial charge in [0.05, 0.1) is 13.2 Å². The largest absolute Gasteiger partial charge is 1.00 e. The van der Waals surface area contributed by atoms with E-state index < -0.39 is 33.7 Å². The number of esters is 1. The molecule has 0 saturated carbocycles. The first-order valence-corrected chi connectivity index (χ1v) is 15.0. The predicted octanol–water partition coefficient (Wildman–Crippen LogP) is -3.24. The topological polar surface area (TPSA) is 162 Å². The molecule has 1 unspecified atom stereocenters. The quantitative estimate of drug-likeness (QED) is 0.0377. The second kappa shape index (κ2) is 29.5. The molecule has 13 heteroatoms. The number of nitrogens with one attached hydrogen (secondary N) is 1. The van der Waals surface area contributed by atoms with Crippen LogP contribution in [-0.2, 0) is 34.0 Å². The van der Waals surface area contributed by atoms with Gasteiger partial charge in [0.2, 0.25) is 5.91 Å². The average Bonchev–Trinajstić information content (AvgIpc) is 2.83. The monoisotopic (exact) mass is 593 g/mol. The number of carbonyl (C=O) groups is 3. The Morgan fingerprint density at radius 2 is 1.36 bits per heavy atom. The zero-order valence-electron chi connectivity index (χ0n) is 24.2. The van der Waals surface area contributed by atoms with Crippen molar-refractivity contribution in [3.8, 4) is 0 Å². The van der Waals surface area contributed by atoms with Gasteiger partial charge >= 0.3 is 65.1 Å². The van der Waals surface area contributed by atoms with Crippen molar-refractivity contribution in [2.45, 2.75) is 108 Å². The van der Waals surface area contributed by atoms with E-state index in [1.54, 1.807) is 0 Å². The number of amides is 1. The normalized spacial score (nSPS) is 11.8. The molecule has 0 rings (SSSR count). The summed E-state index contributed by atoms with van der Waals surface area (Å²) in [5.74, 6) is -3.38. The number of aliphatic carboxylic acids is 1. The number of allylic oxidation sites excluding steroid dienone is 2. The molecule has 0 aromatic heterocycles. The van der Waals surface area contributed by atoms with Crippen molar-refractivity contribution in [2.24, 2.45) is 0 Å². The predicted molar refractivity (Wildman–Crippen MR) is 137 cm³/mol. The molecule has 0 radical (unpaired) electrons. The third kappa shape index (κ3) is 29.3. The summed E-state index contributed by atoms with van der Waals surface area (Å²) in [5.41, 5.74) is 0. The Morgan fingerprint density at radius 3 is 1.90 bits per heavy atom. The van der Waals surface area contributed by atoms with Crippen LogP contribution in [0.3, 0.4) is 0 Å². The number of carboxylic acid groups (broad SMARTS) is 1. The number of ether oxygens (including phenoxy) is 2. The third-order valence-electron chi connectivity index (χ3n) is 5.67. The first-order chi connectivity index (χ1) is 17.7. The average molecular weight is 594 g/mol.